The maximum Gasteiger partial charge on any atom is 0.396 e. The Morgan fingerprint density at radius 2 is 0.763 bits per heavy atom. The van der Waals surface area contributed by atoms with Crippen LogP contribution in [-0.4, -0.2) is 23.7 Å². The largest absolute Gasteiger partial charge is 0.457 e. The van der Waals surface area contributed by atoms with E-state index in [4.69, 9.17) is 9.47 Å². The third-order valence-corrected chi connectivity index (χ3v) is 5.15. The van der Waals surface area contributed by atoms with Gasteiger partial charge < -0.3 is 20.1 Å². The second kappa shape index (κ2) is 11.0. The predicted octanol–water partition coefficient (Wildman–Crippen LogP) is 7.12. The quantitative estimate of drug-likeness (QED) is 0.229. The summed E-state index contributed by atoms with van der Waals surface area (Å²) in [4.78, 5) is 24.1. The molecule has 4 aromatic rings. The first kappa shape index (κ1) is 26.2. The molecular formula is C28H20F4N2O4. The normalized spacial score (nSPS) is 11.4. The number of hydrogen-bond donors (Lipinski definition) is 2. The first-order valence-electron chi connectivity index (χ1n) is 11.2. The molecule has 0 heterocycles. The number of rotatable bonds is 9. The minimum atomic E-state index is -5.35. The van der Waals surface area contributed by atoms with E-state index in [0.717, 1.165) is 0 Å². The molecule has 0 radical (unpaired) electrons. The molecule has 6 nitrogen and oxygen atoms in total. The maximum atomic E-state index is 14.4. The summed E-state index contributed by atoms with van der Waals surface area (Å²) in [6.45, 7) is 0. The van der Waals surface area contributed by atoms with Crippen LogP contribution in [-0.2, 0) is 9.59 Å². The van der Waals surface area contributed by atoms with Crippen LogP contribution < -0.4 is 20.1 Å². The van der Waals surface area contributed by atoms with Crippen LogP contribution in [0.5, 0.6) is 23.0 Å². The van der Waals surface area contributed by atoms with Crippen LogP contribution >= 0.6 is 0 Å². The van der Waals surface area contributed by atoms with Gasteiger partial charge in [-0.15, -0.1) is 0 Å². The van der Waals surface area contributed by atoms with E-state index in [1.807, 2.05) is 0 Å². The molecule has 0 spiro atoms. The van der Waals surface area contributed by atoms with Crippen molar-refractivity contribution in [3.63, 3.8) is 0 Å². The Hall–Kier alpha value is -4.86. The maximum absolute atomic E-state index is 14.4. The van der Waals surface area contributed by atoms with Crippen molar-refractivity contribution in [3.05, 3.63) is 109 Å². The van der Waals surface area contributed by atoms with Gasteiger partial charge in [0, 0.05) is 11.4 Å². The molecule has 10 heteroatoms. The number of nitrogens with one attached hydrogen (secondary N) is 2. The fraction of sp³-hybridized carbons (Fsp3) is 0.0714. The van der Waals surface area contributed by atoms with Crippen molar-refractivity contribution in [2.45, 2.75) is 11.8 Å². The summed E-state index contributed by atoms with van der Waals surface area (Å²) < 4.78 is 68.8. The summed E-state index contributed by atoms with van der Waals surface area (Å²) in [6, 6.07) is 27.6. The van der Waals surface area contributed by atoms with Crippen LogP contribution in [0.15, 0.2) is 109 Å². The van der Waals surface area contributed by atoms with Gasteiger partial charge in [0.1, 0.15) is 23.0 Å². The zero-order valence-corrected chi connectivity index (χ0v) is 19.5. The number of hydrogen-bond acceptors (Lipinski definition) is 4. The Balaban J connectivity index is 1.37. The molecule has 0 fully saturated rings. The Labute approximate surface area is 214 Å². The van der Waals surface area contributed by atoms with E-state index in [1.54, 1.807) is 71.3 Å². The van der Waals surface area contributed by atoms with Gasteiger partial charge >= 0.3 is 23.7 Å². The highest BCUT2D eigenvalue weighted by molar-refractivity contribution is 6.05. The van der Waals surface area contributed by atoms with Crippen LogP contribution in [0.3, 0.4) is 0 Å². The van der Waals surface area contributed by atoms with Gasteiger partial charge in [0.25, 0.3) is 0 Å². The molecule has 38 heavy (non-hydrogen) atoms. The van der Waals surface area contributed by atoms with Gasteiger partial charge in [-0.2, -0.15) is 17.6 Å². The van der Waals surface area contributed by atoms with Gasteiger partial charge in [0.2, 0.25) is 0 Å². The topological polar surface area (TPSA) is 76.7 Å². The summed E-state index contributed by atoms with van der Waals surface area (Å²) in [5.74, 6) is -13.7. The lowest BCUT2D eigenvalue weighted by Gasteiger charge is -2.24. The van der Waals surface area contributed by atoms with Crippen LogP contribution in [0.25, 0.3) is 0 Å². The Kier molecular flexibility index (Phi) is 7.61. The number of carbonyl (C=O) groups is 2. The molecule has 0 bridgehead atoms. The third-order valence-electron chi connectivity index (χ3n) is 5.15. The van der Waals surface area contributed by atoms with Crippen LogP contribution in [0.2, 0.25) is 0 Å². The van der Waals surface area contributed by atoms with Crippen molar-refractivity contribution in [3.8, 4) is 23.0 Å². The molecular weight excluding hydrogens is 504 g/mol. The number of amides is 2. The molecule has 0 aliphatic heterocycles. The molecule has 2 amide bonds. The third kappa shape index (κ3) is 6.09. The van der Waals surface area contributed by atoms with Crippen LogP contribution in [0, 0.1) is 0 Å². The van der Waals surface area contributed by atoms with E-state index in [1.165, 1.54) is 48.5 Å². The van der Waals surface area contributed by atoms with Crippen molar-refractivity contribution in [1.29, 1.82) is 0 Å². The fourth-order valence-corrected chi connectivity index (χ4v) is 3.17. The number of ether oxygens (including phenoxy) is 2. The Morgan fingerprint density at radius 1 is 0.474 bits per heavy atom. The number of benzene rings is 4. The minimum Gasteiger partial charge on any atom is -0.457 e. The van der Waals surface area contributed by atoms with Crippen molar-refractivity contribution in [1.82, 2.24) is 0 Å². The van der Waals surface area contributed by atoms with Crippen molar-refractivity contribution >= 4 is 23.2 Å². The van der Waals surface area contributed by atoms with E-state index >= 15 is 0 Å². The average molecular weight is 524 g/mol. The lowest BCUT2D eigenvalue weighted by atomic mass is 10.1. The SMILES string of the molecule is O=C(Nc1ccc(Oc2ccccc2)cc1)C(F)(F)C(F)(F)C(=O)Nc1ccc(Oc2ccccc2)cc1. The smallest absolute Gasteiger partial charge is 0.396 e. The molecule has 0 saturated heterocycles. The highest BCUT2D eigenvalue weighted by atomic mass is 19.3. The highest BCUT2D eigenvalue weighted by Gasteiger charge is 2.67. The highest BCUT2D eigenvalue weighted by Crippen LogP contribution is 2.37. The van der Waals surface area contributed by atoms with Crippen LogP contribution in [0.1, 0.15) is 0 Å². The number of halogens is 4. The zero-order valence-electron chi connectivity index (χ0n) is 19.5. The standard InChI is InChI=1S/C28H20F4N2O4/c29-27(30,25(35)33-19-11-15-23(16-12-19)37-21-7-3-1-4-8-21)28(31,32)26(36)34-20-13-17-24(18-14-20)38-22-9-5-2-6-10-22/h1-18H,(H,33,35)(H,34,36). The van der Waals surface area contributed by atoms with Gasteiger partial charge in [-0.05, 0) is 72.8 Å². The van der Waals surface area contributed by atoms with E-state index in [0.29, 0.717) is 23.0 Å². The van der Waals surface area contributed by atoms with E-state index in [2.05, 4.69) is 0 Å². The Bertz CT molecular complexity index is 1270. The first-order chi connectivity index (χ1) is 18.1. The summed E-state index contributed by atoms with van der Waals surface area (Å²) >= 11 is 0. The van der Waals surface area contributed by atoms with Crippen LogP contribution in [0.4, 0.5) is 28.9 Å². The van der Waals surface area contributed by atoms with E-state index in [9.17, 15) is 27.2 Å². The molecule has 0 atom stereocenters. The average Bonchev–Trinajstić information content (AvgIpc) is 2.92. The molecule has 4 rings (SSSR count). The summed E-state index contributed by atoms with van der Waals surface area (Å²) in [7, 11) is 0. The number of carbonyl (C=O) groups excluding carboxylic acids is 2. The summed E-state index contributed by atoms with van der Waals surface area (Å²) in [5, 5.41) is 3.42. The van der Waals surface area contributed by atoms with Gasteiger partial charge in [-0.1, -0.05) is 36.4 Å². The number of alkyl halides is 4. The fourth-order valence-electron chi connectivity index (χ4n) is 3.17. The lowest BCUT2D eigenvalue weighted by Crippen LogP contribution is -2.56. The molecule has 4 aromatic carbocycles. The molecule has 0 aromatic heterocycles. The number of para-hydroxylation sites is 2. The van der Waals surface area contributed by atoms with Gasteiger partial charge in [0.05, 0.1) is 0 Å². The summed E-state index contributed by atoms with van der Waals surface area (Å²) in [5.41, 5.74) is -0.388. The molecule has 0 saturated carbocycles. The van der Waals surface area contributed by atoms with Gasteiger partial charge in [0.15, 0.2) is 0 Å². The molecule has 0 unspecified atom stereocenters. The summed E-state index contributed by atoms with van der Waals surface area (Å²) in [6.07, 6.45) is 0. The molecule has 2 N–H and O–H groups in total. The Morgan fingerprint density at radius 3 is 1.08 bits per heavy atom. The van der Waals surface area contributed by atoms with Gasteiger partial charge in [-0.3, -0.25) is 9.59 Å². The first-order valence-corrected chi connectivity index (χ1v) is 11.2. The van der Waals surface area contributed by atoms with Crippen molar-refractivity contribution < 1.29 is 36.6 Å². The number of anilines is 2. The predicted molar refractivity (Wildman–Crippen MR) is 133 cm³/mol. The second-order valence-corrected chi connectivity index (χ2v) is 7.94. The minimum absolute atomic E-state index is 0.194. The second-order valence-electron chi connectivity index (χ2n) is 7.94. The monoisotopic (exact) mass is 524 g/mol. The van der Waals surface area contributed by atoms with E-state index < -0.39 is 23.7 Å². The molecule has 0 aliphatic rings. The van der Waals surface area contributed by atoms with Gasteiger partial charge in [-0.25, -0.2) is 0 Å². The van der Waals surface area contributed by atoms with Crippen molar-refractivity contribution in [2.24, 2.45) is 0 Å². The van der Waals surface area contributed by atoms with Crippen molar-refractivity contribution in [2.75, 3.05) is 10.6 Å². The molecule has 0 aliphatic carbocycles. The molecule has 194 valence electrons. The van der Waals surface area contributed by atoms with E-state index in [-0.39, 0.29) is 11.4 Å². The zero-order chi connectivity index (χ0) is 27.2. The lowest BCUT2D eigenvalue weighted by molar-refractivity contribution is -0.204.